The van der Waals surface area contributed by atoms with Crippen LogP contribution in [0.5, 0.6) is 5.75 Å². The molecule has 2 fully saturated rings. The van der Waals surface area contributed by atoms with E-state index in [4.69, 9.17) is 4.74 Å². The maximum absolute atomic E-state index is 13.4. The number of carbonyl (C=O) groups is 2. The number of carbonyl (C=O) groups excluding carboxylic acids is 2. The van der Waals surface area contributed by atoms with Gasteiger partial charge in [-0.1, -0.05) is 49.2 Å². The van der Waals surface area contributed by atoms with Crippen molar-refractivity contribution in [3.05, 3.63) is 65.2 Å². The number of nitrogens with zero attached hydrogens (tertiary/aromatic N) is 1. The lowest BCUT2D eigenvalue weighted by atomic mass is 9.54. The van der Waals surface area contributed by atoms with E-state index in [-0.39, 0.29) is 28.9 Å². The Bertz CT molecular complexity index is 1190. The summed E-state index contributed by atoms with van der Waals surface area (Å²) in [5.74, 6) is 5.01. The minimum atomic E-state index is -0.370. The van der Waals surface area contributed by atoms with Gasteiger partial charge in [0.25, 0.3) is 0 Å². The molecule has 1 heterocycles. The average Bonchev–Trinajstić information content (AvgIpc) is 3.49. The molecular weight excluding hydrogens is 422 g/mol. The smallest absolute Gasteiger partial charge is 0.237 e. The fraction of sp³-hybridized carbons (Fsp3) is 0.467. The molecule has 2 saturated carbocycles. The van der Waals surface area contributed by atoms with Crippen LogP contribution in [0.3, 0.4) is 0 Å². The summed E-state index contributed by atoms with van der Waals surface area (Å²) >= 11 is 0. The second kappa shape index (κ2) is 8.31. The predicted octanol–water partition coefficient (Wildman–Crippen LogP) is 5.11. The molecule has 1 aliphatic heterocycles. The van der Waals surface area contributed by atoms with Crippen LogP contribution in [0.25, 0.3) is 0 Å². The summed E-state index contributed by atoms with van der Waals surface area (Å²) in [6.07, 6.45) is 5.03. The number of rotatable bonds is 4. The molecule has 4 heteroatoms. The maximum Gasteiger partial charge on any atom is 0.237 e. The molecular formula is C30H31NO3. The predicted molar refractivity (Wildman–Crippen MR) is 130 cm³/mol. The van der Waals surface area contributed by atoms with E-state index in [0.29, 0.717) is 31.4 Å². The number of benzene rings is 2. The highest BCUT2D eigenvalue weighted by molar-refractivity contribution is 5.95. The molecule has 0 bridgehead atoms. The van der Waals surface area contributed by atoms with Gasteiger partial charge in [0.2, 0.25) is 5.91 Å². The number of Topliss-reactive ketones (excluding diaryl/α,β-unsaturated/α-hetero) is 1. The highest BCUT2D eigenvalue weighted by Gasteiger charge is 2.60. The summed E-state index contributed by atoms with van der Waals surface area (Å²) in [5.41, 5.74) is 3.56. The Morgan fingerprint density at radius 2 is 2.03 bits per heavy atom. The van der Waals surface area contributed by atoms with E-state index in [0.717, 1.165) is 43.4 Å². The zero-order valence-electron chi connectivity index (χ0n) is 19.8. The van der Waals surface area contributed by atoms with Crippen LogP contribution >= 0.6 is 0 Å². The molecule has 6 rings (SSSR count). The Morgan fingerprint density at radius 1 is 1.18 bits per heavy atom. The first-order valence-electron chi connectivity index (χ1n) is 12.7. The van der Waals surface area contributed by atoms with Crippen molar-refractivity contribution in [2.75, 3.05) is 6.54 Å². The fourth-order valence-electron chi connectivity index (χ4n) is 7.25. The first kappa shape index (κ1) is 21.5. The monoisotopic (exact) mass is 453 g/mol. The molecule has 4 nitrogen and oxygen atoms in total. The molecule has 34 heavy (non-hydrogen) atoms. The van der Waals surface area contributed by atoms with E-state index >= 15 is 0 Å². The fourth-order valence-corrected chi connectivity index (χ4v) is 7.25. The molecule has 0 N–H and O–H groups in total. The van der Waals surface area contributed by atoms with Gasteiger partial charge in [-0.15, -0.1) is 0 Å². The number of hydrogen-bond acceptors (Lipinski definition) is 3. The minimum absolute atomic E-state index is 0.0863. The lowest BCUT2D eigenvalue weighted by Crippen LogP contribution is -2.47. The van der Waals surface area contributed by atoms with Crippen molar-refractivity contribution >= 4 is 11.7 Å². The highest BCUT2D eigenvalue weighted by atomic mass is 16.5. The number of hydrogen-bond donors (Lipinski definition) is 0. The number of ether oxygens (including phenoxy) is 1. The first-order valence-corrected chi connectivity index (χ1v) is 12.7. The largest absolute Gasteiger partial charge is 0.489 e. The van der Waals surface area contributed by atoms with Crippen LogP contribution in [0.4, 0.5) is 0 Å². The van der Waals surface area contributed by atoms with Gasteiger partial charge >= 0.3 is 0 Å². The van der Waals surface area contributed by atoms with Crippen LogP contribution in [0.1, 0.15) is 61.6 Å². The van der Waals surface area contributed by atoms with E-state index in [1.165, 1.54) is 11.1 Å². The summed E-state index contributed by atoms with van der Waals surface area (Å²) in [4.78, 5) is 28.3. The Balaban J connectivity index is 1.25. The van der Waals surface area contributed by atoms with Gasteiger partial charge < -0.3 is 4.74 Å². The number of amides is 1. The Labute approximate surface area is 201 Å². The van der Waals surface area contributed by atoms with Gasteiger partial charge in [-0.25, -0.2) is 0 Å². The third kappa shape index (κ3) is 3.45. The van der Waals surface area contributed by atoms with E-state index < -0.39 is 0 Å². The molecule has 174 valence electrons. The van der Waals surface area contributed by atoms with Gasteiger partial charge in [-0.3, -0.25) is 14.5 Å². The van der Waals surface area contributed by atoms with Gasteiger partial charge in [-0.2, -0.15) is 0 Å². The molecule has 3 aliphatic carbocycles. The third-order valence-corrected chi connectivity index (χ3v) is 8.93. The van der Waals surface area contributed by atoms with Crippen molar-refractivity contribution in [3.8, 4) is 17.7 Å². The lowest BCUT2D eigenvalue weighted by molar-refractivity contribution is -0.136. The van der Waals surface area contributed by atoms with Crippen LogP contribution in [-0.4, -0.2) is 23.1 Å². The maximum atomic E-state index is 13.4. The van der Waals surface area contributed by atoms with Gasteiger partial charge in [0.05, 0.1) is 5.92 Å². The number of ketones is 1. The molecule has 2 aromatic rings. The van der Waals surface area contributed by atoms with E-state index in [2.05, 4.69) is 49.2 Å². The Morgan fingerprint density at radius 3 is 2.82 bits per heavy atom. The molecule has 2 aromatic carbocycles. The van der Waals surface area contributed by atoms with Crippen LogP contribution in [0.15, 0.2) is 48.5 Å². The SMILES string of the molecule is C[C@]12CC[C@@H]3c4ccc(OCc5ccccc5)cc4CC[C@H]3[C@@H]1[C@@H](C(=O)N1C#CCC1)CC2=O. The van der Waals surface area contributed by atoms with Crippen LogP contribution < -0.4 is 4.74 Å². The van der Waals surface area contributed by atoms with Gasteiger partial charge in [0, 0.05) is 30.8 Å². The van der Waals surface area contributed by atoms with Crippen molar-refractivity contribution in [1.29, 1.82) is 0 Å². The lowest BCUT2D eigenvalue weighted by Gasteiger charge is -2.49. The molecule has 0 aromatic heterocycles. The molecule has 5 atom stereocenters. The van der Waals surface area contributed by atoms with Crippen molar-refractivity contribution in [1.82, 2.24) is 4.90 Å². The van der Waals surface area contributed by atoms with Crippen molar-refractivity contribution < 1.29 is 14.3 Å². The minimum Gasteiger partial charge on any atom is -0.489 e. The topological polar surface area (TPSA) is 46.6 Å². The summed E-state index contributed by atoms with van der Waals surface area (Å²) < 4.78 is 6.09. The number of fused-ring (bicyclic) bond motifs is 5. The summed E-state index contributed by atoms with van der Waals surface area (Å²) in [5, 5.41) is 0. The van der Waals surface area contributed by atoms with Crippen LogP contribution in [0, 0.1) is 35.1 Å². The quantitative estimate of drug-likeness (QED) is 0.605. The van der Waals surface area contributed by atoms with Crippen LogP contribution in [0.2, 0.25) is 0 Å². The summed E-state index contributed by atoms with van der Waals surface area (Å²) in [7, 11) is 0. The van der Waals surface area contributed by atoms with Crippen molar-refractivity contribution in [3.63, 3.8) is 0 Å². The average molecular weight is 454 g/mol. The Hall–Kier alpha value is -3.06. The van der Waals surface area contributed by atoms with E-state index in [1.54, 1.807) is 4.90 Å². The highest BCUT2D eigenvalue weighted by Crippen LogP contribution is 2.61. The molecule has 1 amide bonds. The molecule has 0 saturated heterocycles. The van der Waals surface area contributed by atoms with Gasteiger partial charge in [-0.05, 0) is 72.3 Å². The summed E-state index contributed by atoms with van der Waals surface area (Å²) in [6, 6.07) is 19.8. The second-order valence-electron chi connectivity index (χ2n) is 10.7. The molecule has 4 aliphatic rings. The molecule has 0 spiro atoms. The first-order chi connectivity index (χ1) is 16.5. The van der Waals surface area contributed by atoms with Crippen molar-refractivity contribution in [2.45, 2.75) is 58.0 Å². The van der Waals surface area contributed by atoms with E-state index in [1.807, 2.05) is 18.2 Å². The molecule has 0 radical (unpaired) electrons. The van der Waals surface area contributed by atoms with Gasteiger partial charge in [0.1, 0.15) is 18.1 Å². The number of aryl methyl sites for hydroxylation is 1. The van der Waals surface area contributed by atoms with Crippen LogP contribution in [-0.2, 0) is 22.6 Å². The van der Waals surface area contributed by atoms with E-state index in [9.17, 15) is 9.59 Å². The second-order valence-corrected chi connectivity index (χ2v) is 10.7. The van der Waals surface area contributed by atoms with Gasteiger partial charge in [0.15, 0.2) is 0 Å². The Kier molecular flexibility index (Phi) is 5.25. The standard InChI is InChI=1S/C30H31NO3/c1-30-14-13-24-23-12-10-22(34-19-20-7-3-2-4-8-20)17-21(23)9-11-25(24)28(30)26(18-27(30)32)29(33)31-15-5-6-16-31/h2-4,7-8,10,12,17,24-26,28H,5,9,11,13-15,18-19H2,1H3/t24-,25-,26+,28-,30-/m1/s1. The summed E-state index contributed by atoms with van der Waals surface area (Å²) in [6.45, 7) is 3.35. The van der Waals surface area contributed by atoms with Crippen molar-refractivity contribution in [2.24, 2.45) is 23.2 Å². The normalized spacial score (nSPS) is 31.2. The third-order valence-electron chi connectivity index (χ3n) is 8.93. The zero-order valence-corrected chi connectivity index (χ0v) is 19.8. The molecule has 0 unspecified atom stereocenters. The zero-order chi connectivity index (χ0) is 23.3.